The molecule has 0 aromatic carbocycles. The van der Waals surface area contributed by atoms with Crippen molar-refractivity contribution in [2.24, 2.45) is 0 Å². The largest absolute Gasteiger partial charge is 0.460 e. The van der Waals surface area contributed by atoms with Gasteiger partial charge in [-0.25, -0.2) is 4.68 Å². The van der Waals surface area contributed by atoms with Crippen molar-refractivity contribution in [3.63, 3.8) is 0 Å². The molecule has 0 aliphatic heterocycles. The van der Waals surface area contributed by atoms with Gasteiger partial charge in [0.15, 0.2) is 5.78 Å². The number of nitrogens with one attached hydrogen (secondary N) is 2. The third-order valence-corrected chi connectivity index (χ3v) is 4.92. The van der Waals surface area contributed by atoms with Gasteiger partial charge in [-0.05, 0) is 43.9 Å². The highest BCUT2D eigenvalue weighted by atomic mass is 16.5. The van der Waals surface area contributed by atoms with E-state index >= 15 is 0 Å². The first kappa shape index (κ1) is 19.1. The Kier molecular flexibility index (Phi) is 6.13. The summed E-state index contributed by atoms with van der Waals surface area (Å²) in [5.41, 5.74) is 0.595. The molecule has 0 spiro atoms. The van der Waals surface area contributed by atoms with Crippen molar-refractivity contribution in [2.45, 2.75) is 51.0 Å². The number of hydrogen-bond donors (Lipinski definition) is 2. The normalized spacial score (nSPS) is 15.0. The first-order valence-electron chi connectivity index (χ1n) is 10.1. The number of ether oxygens (including phenoxy) is 1. The van der Waals surface area contributed by atoms with Crippen molar-refractivity contribution in [1.82, 2.24) is 29.7 Å². The zero-order valence-corrected chi connectivity index (χ0v) is 16.3. The average molecular weight is 395 g/mol. The Morgan fingerprint density at radius 3 is 2.76 bits per heavy atom. The molecule has 3 aromatic rings. The molecule has 3 heterocycles. The van der Waals surface area contributed by atoms with Crippen LogP contribution >= 0.6 is 0 Å². The molecule has 1 fully saturated rings. The van der Waals surface area contributed by atoms with Gasteiger partial charge in [0.2, 0.25) is 5.95 Å². The lowest BCUT2D eigenvalue weighted by Crippen LogP contribution is -2.19. The standard InChI is InChI=1S/C20H25N7O2/c28-17(16-9-5-11-21-16)10-13-22-18-24-19(27-14-6-12-23-27)26-20(25-18)29-15-7-3-1-2-4-8-15/h5-6,9,11-12,14-15,21H,1-4,7-8,10,13H2,(H,22,24,25,26). The highest BCUT2D eigenvalue weighted by molar-refractivity contribution is 5.94. The zero-order valence-electron chi connectivity index (χ0n) is 16.3. The summed E-state index contributed by atoms with van der Waals surface area (Å²) in [6.07, 6.45) is 12.4. The monoisotopic (exact) mass is 395 g/mol. The number of anilines is 1. The van der Waals surface area contributed by atoms with E-state index in [9.17, 15) is 4.79 Å². The smallest absolute Gasteiger partial charge is 0.323 e. The third kappa shape index (κ3) is 5.18. The molecule has 9 heteroatoms. The average Bonchev–Trinajstić information content (AvgIpc) is 3.40. The lowest BCUT2D eigenvalue weighted by atomic mass is 10.2. The van der Waals surface area contributed by atoms with Crippen LogP contribution in [0, 0.1) is 0 Å². The summed E-state index contributed by atoms with van der Waals surface area (Å²) >= 11 is 0. The van der Waals surface area contributed by atoms with Gasteiger partial charge in [0.25, 0.3) is 5.95 Å². The minimum Gasteiger partial charge on any atom is -0.460 e. The maximum Gasteiger partial charge on any atom is 0.323 e. The van der Waals surface area contributed by atoms with E-state index in [1.807, 2.05) is 0 Å². The first-order chi connectivity index (χ1) is 14.3. The molecule has 0 radical (unpaired) electrons. The van der Waals surface area contributed by atoms with Crippen LogP contribution in [0.3, 0.4) is 0 Å². The highest BCUT2D eigenvalue weighted by Gasteiger charge is 2.17. The van der Waals surface area contributed by atoms with Crippen molar-refractivity contribution < 1.29 is 9.53 Å². The van der Waals surface area contributed by atoms with Crippen molar-refractivity contribution in [1.29, 1.82) is 0 Å². The minimum absolute atomic E-state index is 0.0267. The molecule has 0 atom stereocenters. The van der Waals surface area contributed by atoms with Crippen molar-refractivity contribution in [3.05, 3.63) is 42.5 Å². The van der Waals surface area contributed by atoms with Gasteiger partial charge in [0, 0.05) is 31.6 Å². The van der Waals surface area contributed by atoms with Gasteiger partial charge in [-0.1, -0.05) is 12.8 Å². The van der Waals surface area contributed by atoms with Crippen molar-refractivity contribution in [3.8, 4) is 12.0 Å². The number of carbonyl (C=O) groups is 1. The topological polar surface area (TPSA) is 111 Å². The van der Waals surface area contributed by atoms with Crippen LogP contribution in [0.5, 0.6) is 6.01 Å². The molecule has 1 aliphatic carbocycles. The molecule has 29 heavy (non-hydrogen) atoms. The van der Waals surface area contributed by atoms with Crippen LogP contribution in [0.25, 0.3) is 5.95 Å². The van der Waals surface area contributed by atoms with Crippen LogP contribution in [0.4, 0.5) is 5.95 Å². The maximum atomic E-state index is 12.1. The number of aromatic amines is 1. The molecular weight excluding hydrogens is 370 g/mol. The van der Waals surface area contributed by atoms with E-state index < -0.39 is 0 Å². The fourth-order valence-corrected chi connectivity index (χ4v) is 3.40. The summed E-state index contributed by atoms with van der Waals surface area (Å²) in [7, 11) is 0. The van der Waals surface area contributed by atoms with Gasteiger partial charge in [-0.2, -0.15) is 20.1 Å². The lowest BCUT2D eigenvalue weighted by molar-refractivity contribution is 0.0982. The number of rotatable bonds is 8. The Morgan fingerprint density at radius 1 is 1.17 bits per heavy atom. The number of Topliss-reactive ketones (excluding diaryl/α,β-unsaturated/α-hetero) is 1. The Labute approximate surface area is 168 Å². The van der Waals surface area contributed by atoms with Crippen LogP contribution in [-0.4, -0.2) is 48.1 Å². The molecule has 4 rings (SSSR count). The second-order valence-corrected chi connectivity index (χ2v) is 7.11. The fourth-order valence-electron chi connectivity index (χ4n) is 3.40. The molecule has 3 aromatic heterocycles. The molecule has 9 nitrogen and oxygen atoms in total. The Balaban J connectivity index is 1.46. The summed E-state index contributed by atoms with van der Waals surface area (Å²) in [5, 5.41) is 7.31. The molecule has 0 unspecified atom stereocenters. The number of carbonyl (C=O) groups excluding carboxylic acids is 1. The SMILES string of the molecule is O=C(CCNc1nc(OC2CCCCCC2)nc(-n2cccn2)n1)c1ccc[nH]1. The number of nitrogens with zero attached hydrogens (tertiary/aromatic N) is 5. The van der Waals surface area contributed by atoms with E-state index in [2.05, 4.69) is 30.4 Å². The number of ketones is 1. The van der Waals surface area contributed by atoms with Gasteiger partial charge in [0.05, 0.1) is 5.69 Å². The summed E-state index contributed by atoms with van der Waals surface area (Å²) < 4.78 is 7.65. The third-order valence-electron chi connectivity index (χ3n) is 4.92. The summed E-state index contributed by atoms with van der Waals surface area (Å²) in [4.78, 5) is 28.3. The zero-order chi connectivity index (χ0) is 19.9. The minimum atomic E-state index is 0.0267. The molecule has 1 saturated carbocycles. The number of aromatic nitrogens is 6. The van der Waals surface area contributed by atoms with Gasteiger partial charge in [0.1, 0.15) is 6.10 Å². The van der Waals surface area contributed by atoms with Gasteiger partial charge < -0.3 is 15.0 Å². The molecule has 0 amide bonds. The molecule has 152 valence electrons. The second-order valence-electron chi connectivity index (χ2n) is 7.11. The second kappa shape index (κ2) is 9.31. The Bertz CT molecular complexity index is 901. The van der Waals surface area contributed by atoms with Gasteiger partial charge >= 0.3 is 6.01 Å². The first-order valence-corrected chi connectivity index (χ1v) is 10.1. The van der Waals surface area contributed by atoms with E-state index in [1.54, 1.807) is 41.5 Å². The molecular formula is C20H25N7O2. The molecule has 0 bridgehead atoms. The number of hydrogen-bond acceptors (Lipinski definition) is 7. The van der Waals surface area contributed by atoms with Gasteiger partial charge in [-0.3, -0.25) is 4.79 Å². The van der Waals surface area contributed by atoms with Crippen molar-refractivity contribution in [2.75, 3.05) is 11.9 Å². The van der Waals surface area contributed by atoms with Crippen LogP contribution in [0.1, 0.15) is 55.4 Å². The van der Waals surface area contributed by atoms with E-state index in [1.165, 1.54) is 12.8 Å². The predicted octanol–water partition coefficient (Wildman–Crippen LogP) is 3.17. The number of H-pyrrole nitrogens is 1. The van der Waals surface area contributed by atoms with Gasteiger partial charge in [-0.15, -0.1) is 0 Å². The van der Waals surface area contributed by atoms with Crippen molar-refractivity contribution >= 4 is 11.7 Å². The maximum absolute atomic E-state index is 12.1. The van der Waals surface area contributed by atoms with Crippen LogP contribution < -0.4 is 10.1 Å². The quantitative estimate of drug-likeness (QED) is 0.445. The summed E-state index contributed by atoms with van der Waals surface area (Å²) in [5.74, 6) is 0.777. The van der Waals surface area contributed by atoms with E-state index in [-0.39, 0.29) is 17.9 Å². The predicted molar refractivity (Wildman–Crippen MR) is 107 cm³/mol. The summed E-state index contributed by atoms with van der Waals surface area (Å²) in [6, 6.07) is 5.66. The fraction of sp³-hybridized carbons (Fsp3) is 0.450. The lowest BCUT2D eigenvalue weighted by Gasteiger charge is -2.16. The van der Waals surface area contributed by atoms with E-state index in [0.717, 1.165) is 25.7 Å². The highest BCUT2D eigenvalue weighted by Crippen LogP contribution is 2.22. The summed E-state index contributed by atoms with van der Waals surface area (Å²) in [6.45, 7) is 0.406. The van der Waals surface area contributed by atoms with E-state index in [0.29, 0.717) is 30.6 Å². The molecule has 0 saturated heterocycles. The Morgan fingerprint density at radius 2 is 2.03 bits per heavy atom. The van der Waals surface area contributed by atoms with Crippen LogP contribution in [0.2, 0.25) is 0 Å². The van der Waals surface area contributed by atoms with Crippen LogP contribution in [0.15, 0.2) is 36.8 Å². The molecule has 1 aliphatic rings. The Hall–Kier alpha value is -3.23. The van der Waals surface area contributed by atoms with E-state index in [4.69, 9.17) is 4.74 Å². The molecule has 2 N–H and O–H groups in total. The van der Waals surface area contributed by atoms with Crippen LogP contribution in [-0.2, 0) is 0 Å².